The highest BCUT2D eigenvalue weighted by molar-refractivity contribution is 7.91. The van der Waals surface area contributed by atoms with Gasteiger partial charge in [-0.3, -0.25) is 0 Å². The van der Waals surface area contributed by atoms with Crippen molar-refractivity contribution in [2.45, 2.75) is 42.3 Å². The third kappa shape index (κ3) is 3.68. The molecule has 0 radical (unpaired) electrons. The van der Waals surface area contributed by atoms with E-state index in [0.717, 1.165) is 6.26 Å². The Bertz CT molecular complexity index is 768. The van der Waals surface area contributed by atoms with Crippen LogP contribution in [0, 0.1) is 0 Å². The van der Waals surface area contributed by atoms with Gasteiger partial charge in [0.1, 0.15) is 0 Å². The lowest BCUT2D eigenvalue weighted by molar-refractivity contribution is -0.109. The fraction of sp³-hybridized carbons (Fsp3) is 0.571. The molecule has 22 heavy (non-hydrogen) atoms. The molecule has 1 heterocycles. The van der Waals surface area contributed by atoms with Gasteiger partial charge >= 0.3 is 0 Å². The first-order chi connectivity index (χ1) is 9.92. The van der Waals surface area contributed by atoms with Crippen LogP contribution in [0.15, 0.2) is 34.1 Å². The Labute approximate surface area is 132 Å². The third-order valence-electron chi connectivity index (χ3n) is 3.41. The van der Waals surface area contributed by atoms with Crippen LogP contribution < -0.4 is 0 Å². The van der Waals surface area contributed by atoms with Crippen LogP contribution >= 0.6 is 0 Å². The van der Waals surface area contributed by atoms with Crippen LogP contribution in [-0.2, 0) is 24.6 Å². The Morgan fingerprint density at radius 2 is 1.77 bits per heavy atom. The molecule has 0 aliphatic carbocycles. The number of hydrogen-bond donors (Lipinski definition) is 0. The van der Waals surface area contributed by atoms with Crippen molar-refractivity contribution in [1.29, 1.82) is 0 Å². The number of ether oxygens (including phenoxy) is 1. The van der Waals surface area contributed by atoms with Crippen molar-refractivity contribution >= 4 is 19.9 Å². The SMILES string of the molecule is CC1CN(S(=O)(=O)c2cccc(S(C)(=O)=O)c2)CC(C)(C)O1. The summed E-state index contributed by atoms with van der Waals surface area (Å²) in [4.78, 5) is -0.0190. The van der Waals surface area contributed by atoms with E-state index in [1.165, 1.54) is 28.6 Å². The molecule has 0 bridgehead atoms. The molecule has 0 N–H and O–H groups in total. The monoisotopic (exact) mass is 347 g/mol. The molecule has 1 aliphatic heterocycles. The highest BCUT2D eigenvalue weighted by Crippen LogP contribution is 2.27. The zero-order chi connectivity index (χ0) is 16.8. The van der Waals surface area contributed by atoms with Gasteiger partial charge in [-0.25, -0.2) is 16.8 Å². The molecular weight excluding hydrogens is 326 g/mol. The van der Waals surface area contributed by atoms with E-state index in [1.54, 1.807) is 0 Å². The summed E-state index contributed by atoms with van der Waals surface area (Å²) < 4.78 is 55.8. The standard InChI is InChI=1S/C14H21NO5S2/c1-11-9-15(10-14(2,3)20-11)22(18,19)13-7-5-6-12(8-13)21(4,16)17/h5-8,11H,9-10H2,1-4H3. The summed E-state index contributed by atoms with van der Waals surface area (Å²) in [5.41, 5.74) is -0.584. The predicted molar refractivity (Wildman–Crippen MR) is 82.9 cm³/mol. The first-order valence-electron chi connectivity index (χ1n) is 6.90. The fourth-order valence-corrected chi connectivity index (χ4v) is 5.05. The van der Waals surface area contributed by atoms with Crippen LogP contribution in [0.4, 0.5) is 0 Å². The second-order valence-corrected chi connectivity index (χ2v) is 10.2. The summed E-state index contributed by atoms with van der Waals surface area (Å²) in [6.07, 6.45) is 0.829. The molecule has 6 nitrogen and oxygen atoms in total. The van der Waals surface area contributed by atoms with Gasteiger partial charge in [0.15, 0.2) is 9.84 Å². The molecule has 124 valence electrons. The molecule has 2 rings (SSSR count). The van der Waals surface area contributed by atoms with Gasteiger partial charge in [-0.15, -0.1) is 0 Å². The lowest BCUT2D eigenvalue weighted by Gasteiger charge is -2.40. The van der Waals surface area contributed by atoms with Gasteiger partial charge in [0.2, 0.25) is 10.0 Å². The molecule has 1 atom stereocenters. The number of morpholine rings is 1. The number of nitrogens with zero attached hydrogens (tertiary/aromatic N) is 1. The Kier molecular flexibility index (Phi) is 4.42. The van der Waals surface area contributed by atoms with E-state index < -0.39 is 25.5 Å². The Morgan fingerprint density at radius 1 is 1.18 bits per heavy atom. The van der Waals surface area contributed by atoms with Crippen LogP contribution in [-0.4, -0.2) is 52.2 Å². The minimum Gasteiger partial charge on any atom is -0.370 e. The molecule has 1 aromatic carbocycles. The summed E-state index contributed by atoms with van der Waals surface area (Å²) in [6.45, 7) is 5.95. The van der Waals surface area contributed by atoms with Crippen molar-refractivity contribution in [2.75, 3.05) is 19.3 Å². The Hall–Kier alpha value is -0.960. The highest BCUT2D eigenvalue weighted by atomic mass is 32.2. The first-order valence-corrected chi connectivity index (χ1v) is 10.2. The van der Waals surface area contributed by atoms with Gasteiger partial charge in [0.25, 0.3) is 0 Å². The molecular formula is C14H21NO5S2. The van der Waals surface area contributed by atoms with Crippen LogP contribution in [0.3, 0.4) is 0 Å². The van der Waals surface area contributed by atoms with E-state index in [2.05, 4.69) is 0 Å². The number of hydrogen-bond acceptors (Lipinski definition) is 5. The largest absolute Gasteiger partial charge is 0.370 e. The molecule has 0 aromatic heterocycles. The molecule has 1 aliphatic rings. The van der Waals surface area contributed by atoms with E-state index in [-0.39, 0.29) is 29.0 Å². The van der Waals surface area contributed by atoms with E-state index in [9.17, 15) is 16.8 Å². The van der Waals surface area contributed by atoms with E-state index >= 15 is 0 Å². The van der Waals surface area contributed by atoms with E-state index in [1.807, 2.05) is 20.8 Å². The molecule has 8 heteroatoms. The van der Waals surface area contributed by atoms with Gasteiger partial charge in [-0.05, 0) is 39.0 Å². The molecule has 0 saturated carbocycles. The third-order valence-corrected chi connectivity index (χ3v) is 6.33. The summed E-state index contributed by atoms with van der Waals surface area (Å²) in [5, 5.41) is 0. The van der Waals surface area contributed by atoms with Gasteiger partial charge in [0, 0.05) is 19.3 Å². The van der Waals surface area contributed by atoms with Crippen molar-refractivity contribution in [1.82, 2.24) is 4.31 Å². The lowest BCUT2D eigenvalue weighted by Crippen LogP contribution is -2.53. The molecule has 1 aromatic rings. The molecule has 0 spiro atoms. The number of sulfonamides is 1. The van der Waals surface area contributed by atoms with E-state index in [0.29, 0.717) is 0 Å². The van der Waals surface area contributed by atoms with Crippen LogP contribution in [0.5, 0.6) is 0 Å². The fourth-order valence-electron chi connectivity index (χ4n) is 2.59. The van der Waals surface area contributed by atoms with Crippen molar-refractivity contribution in [2.24, 2.45) is 0 Å². The molecule has 1 fully saturated rings. The quantitative estimate of drug-likeness (QED) is 0.823. The van der Waals surface area contributed by atoms with Gasteiger partial charge < -0.3 is 4.74 Å². The van der Waals surface area contributed by atoms with Crippen LogP contribution in [0.2, 0.25) is 0 Å². The highest BCUT2D eigenvalue weighted by Gasteiger charge is 2.38. The van der Waals surface area contributed by atoms with Crippen molar-refractivity contribution in [3.63, 3.8) is 0 Å². The van der Waals surface area contributed by atoms with Crippen molar-refractivity contribution in [3.8, 4) is 0 Å². The van der Waals surface area contributed by atoms with Crippen molar-refractivity contribution < 1.29 is 21.6 Å². The minimum atomic E-state index is -3.76. The molecule has 1 saturated heterocycles. The summed E-state index contributed by atoms with van der Waals surface area (Å²) in [6, 6.07) is 5.45. The molecule has 0 amide bonds. The maximum atomic E-state index is 12.8. The summed E-state index contributed by atoms with van der Waals surface area (Å²) >= 11 is 0. The van der Waals surface area contributed by atoms with Gasteiger partial charge in [-0.1, -0.05) is 6.07 Å². The number of benzene rings is 1. The zero-order valence-corrected chi connectivity index (χ0v) is 14.7. The van der Waals surface area contributed by atoms with Crippen LogP contribution in [0.25, 0.3) is 0 Å². The summed E-state index contributed by atoms with van der Waals surface area (Å²) in [7, 11) is -7.22. The predicted octanol–water partition coefficient (Wildman–Crippen LogP) is 1.28. The summed E-state index contributed by atoms with van der Waals surface area (Å²) in [5.74, 6) is 0. The Morgan fingerprint density at radius 3 is 2.32 bits per heavy atom. The second-order valence-electron chi connectivity index (χ2n) is 6.23. The maximum absolute atomic E-state index is 12.8. The van der Waals surface area contributed by atoms with Gasteiger partial charge in [0.05, 0.1) is 21.5 Å². The second kappa shape index (κ2) is 5.59. The lowest BCUT2D eigenvalue weighted by atomic mass is 10.1. The average Bonchev–Trinajstić information content (AvgIpc) is 2.35. The minimum absolute atomic E-state index is 0.00542. The number of sulfone groups is 1. The van der Waals surface area contributed by atoms with Crippen LogP contribution in [0.1, 0.15) is 20.8 Å². The maximum Gasteiger partial charge on any atom is 0.243 e. The Balaban J connectivity index is 2.43. The average molecular weight is 347 g/mol. The first kappa shape index (κ1) is 17.4. The van der Waals surface area contributed by atoms with Crippen molar-refractivity contribution in [3.05, 3.63) is 24.3 Å². The number of rotatable bonds is 3. The van der Waals surface area contributed by atoms with E-state index in [4.69, 9.17) is 4.74 Å². The molecule has 1 unspecified atom stereocenters. The normalized spacial score (nSPS) is 23.4. The smallest absolute Gasteiger partial charge is 0.243 e. The zero-order valence-electron chi connectivity index (χ0n) is 13.1. The topological polar surface area (TPSA) is 80.8 Å². The van der Waals surface area contributed by atoms with Gasteiger partial charge in [-0.2, -0.15) is 4.31 Å².